The van der Waals surface area contributed by atoms with Gasteiger partial charge in [-0.25, -0.2) is 4.68 Å². The number of halogens is 1. The third-order valence-corrected chi connectivity index (χ3v) is 5.52. The number of carbonyl (C=O) groups excluding carboxylic acids is 1. The van der Waals surface area contributed by atoms with E-state index in [1.54, 1.807) is 11.8 Å². The number of aromatic nitrogens is 2. The smallest absolute Gasteiger partial charge is 0.257 e. The van der Waals surface area contributed by atoms with Gasteiger partial charge in [0.25, 0.3) is 5.91 Å². The number of benzene rings is 2. The second-order valence-electron chi connectivity index (χ2n) is 7.23. The van der Waals surface area contributed by atoms with Gasteiger partial charge in [0.15, 0.2) is 0 Å². The molecule has 0 radical (unpaired) electrons. The number of carbonyl (C=O) groups is 1. The van der Waals surface area contributed by atoms with Gasteiger partial charge in [-0.1, -0.05) is 30.3 Å². The Balaban J connectivity index is 0.00000256. The molecule has 0 unspecified atom stereocenters. The Hall–Kier alpha value is -2.83. The topological polar surface area (TPSA) is 59.4 Å². The zero-order valence-electron chi connectivity index (χ0n) is 17.2. The van der Waals surface area contributed by atoms with Crippen molar-refractivity contribution in [1.29, 1.82) is 0 Å². The summed E-state index contributed by atoms with van der Waals surface area (Å²) in [6.45, 7) is 1.48. The van der Waals surface area contributed by atoms with E-state index in [-0.39, 0.29) is 18.3 Å². The molecule has 0 saturated carbocycles. The van der Waals surface area contributed by atoms with Gasteiger partial charge in [-0.05, 0) is 44.2 Å². The minimum Gasteiger partial charge on any atom is -0.496 e. The number of methoxy groups -OCH3 is 1. The van der Waals surface area contributed by atoms with Crippen LogP contribution >= 0.6 is 12.4 Å². The van der Waals surface area contributed by atoms with E-state index in [9.17, 15) is 4.79 Å². The van der Waals surface area contributed by atoms with Crippen molar-refractivity contribution < 1.29 is 9.53 Å². The number of nitrogens with zero attached hydrogens (tertiary/aromatic N) is 3. The van der Waals surface area contributed by atoms with E-state index in [4.69, 9.17) is 9.84 Å². The van der Waals surface area contributed by atoms with E-state index in [0.717, 1.165) is 37.2 Å². The predicted octanol–water partition coefficient (Wildman–Crippen LogP) is 3.79. The Morgan fingerprint density at radius 1 is 1.07 bits per heavy atom. The van der Waals surface area contributed by atoms with Gasteiger partial charge in [-0.3, -0.25) is 4.79 Å². The number of para-hydroxylation sites is 2. The molecule has 0 bridgehead atoms. The Kier molecular flexibility index (Phi) is 7.13. The molecule has 3 aromatic rings. The molecule has 1 saturated heterocycles. The van der Waals surface area contributed by atoms with Crippen LogP contribution in [0.1, 0.15) is 23.2 Å². The number of nitrogens with one attached hydrogen (secondary N) is 1. The number of hydrogen-bond donors (Lipinski definition) is 1. The fourth-order valence-electron chi connectivity index (χ4n) is 3.82. The van der Waals surface area contributed by atoms with Crippen LogP contribution < -0.4 is 10.1 Å². The fraction of sp³-hybridized carbons (Fsp3) is 0.304. The molecule has 1 aliphatic heterocycles. The SMILES string of the molecule is CNC1CCN(C(=O)c2cn(-c3ccccc3)nc2-c2ccccc2OC)CC1.Cl. The van der Waals surface area contributed by atoms with E-state index >= 15 is 0 Å². The standard InChI is InChI=1S/C23H26N4O2.ClH/c1-24-17-12-14-26(15-13-17)23(28)20-16-27(18-8-4-3-5-9-18)25-22(20)19-10-6-7-11-21(19)29-2;/h3-11,16-17,24H,12-15H2,1-2H3;1H. The summed E-state index contributed by atoms with van der Waals surface area (Å²) in [6.07, 6.45) is 3.75. The summed E-state index contributed by atoms with van der Waals surface area (Å²) in [5.74, 6) is 0.719. The van der Waals surface area contributed by atoms with Crippen molar-refractivity contribution >= 4 is 18.3 Å². The number of rotatable bonds is 5. The highest BCUT2D eigenvalue weighted by Gasteiger charge is 2.27. The monoisotopic (exact) mass is 426 g/mol. The van der Waals surface area contributed by atoms with Crippen molar-refractivity contribution in [3.8, 4) is 22.7 Å². The molecule has 2 aromatic carbocycles. The fourth-order valence-corrected chi connectivity index (χ4v) is 3.82. The number of ether oxygens (including phenoxy) is 1. The first-order valence-corrected chi connectivity index (χ1v) is 9.96. The zero-order chi connectivity index (χ0) is 20.2. The quantitative estimate of drug-likeness (QED) is 0.674. The molecule has 2 heterocycles. The summed E-state index contributed by atoms with van der Waals surface area (Å²) in [5.41, 5.74) is 2.98. The zero-order valence-corrected chi connectivity index (χ0v) is 18.1. The molecule has 6 nitrogen and oxygen atoms in total. The normalized spacial score (nSPS) is 14.3. The van der Waals surface area contributed by atoms with Gasteiger partial charge in [0.1, 0.15) is 11.4 Å². The second-order valence-corrected chi connectivity index (χ2v) is 7.23. The molecular weight excluding hydrogens is 400 g/mol. The van der Waals surface area contributed by atoms with Crippen molar-refractivity contribution in [3.05, 3.63) is 66.4 Å². The minimum absolute atomic E-state index is 0. The Labute approximate surface area is 183 Å². The maximum absolute atomic E-state index is 13.4. The molecule has 4 rings (SSSR count). The van der Waals surface area contributed by atoms with Crippen molar-refractivity contribution in [2.24, 2.45) is 0 Å². The maximum atomic E-state index is 13.4. The number of hydrogen-bond acceptors (Lipinski definition) is 4. The van der Waals surface area contributed by atoms with Gasteiger partial charge in [0.2, 0.25) is 0 Å². The lowest BCUT2D eigenvalue weighted by molar-refractivity contribution is 0.0708. The first-order valence-electron chi connectivity index (χ1n) is 9.96. The molecular formula is C23H27ClN4O2. The first kappa shape index (κ1) is 21.9. The van der Waals surface area contributed by atoms with E-state index < -0.39 is 0 Å². The van der Waals surface area contributed by atoms with Crippen LogP contribution in [0.3, 0.4) is 0 Å². The molecule has 1 aliphatic rings. The van der Waals surface area contributed by atoms with E-state index in [1.165, 1.54) is 0 Å². The van der Waals surface area contributed by atoms with Gasteiger partial charge in [-0.15, -0.1) is 12.4 Å². The minimum atomic E-state index is 0. The van der Waals surface area contributed by atoms with Crippen LogP contribution in [-0.4, -0.2) is 53.9 Å². The van der Waals surface area contributed by atoms with Crippen LogP contribution in [0.5, 0.6) is 5.75 Å². The largest absolute Gasteiger partial charge is 0.496 e. The summed E-state index contributed by atoms with van der Waals surface area (Å²) in [6, 6.07) is 18.0. The molecule has 30 heavy (non-hydrogen) atoms. The van der Waals surface area contributed by atoms with Crippen LogP contribution in [-0.2, 0) is 0 Å². The van der Waals surface area contributed by atoms with Crippen molar-refractivity contribution in [2.45, 2.75) is 18.9 Å². The van der Waals surface area contributed by atoms with Crippen LogP contribution in [0.2, 0.25) is 0 Å². The lowest BCUT2D eigenvalue weighted by Gasteiger charge is -2.31. The Bertz CT molecular complexity index is 982. The highest BCUT2D eigenvalue weighted by molar-refractivity contribution is 6.00. The summed E-state index contributed by atoms with van der Waals surface area (Å²) >= 11 is 0. The number of likely N-dealkylation sites (tertiary alicyclic amines) is 1. The lowest BCUT2D eigenvalue weighted by Crippen LogP contribution is -2.44. The molecule has 158 valence electrons. The number of piperidine rings is 1. The van der Waals surface area contributed by atoms with Crippen LogP contribution in [0.25, 0.3) is 16.9 Å². The molecule has 1 N–H and O–H groups in total. The van der Waals surface area contributed by atoms with E-state index in [0.29, 0.717) is 23.0 Å². The Morgan fingerprint density at radius 2 is 1.73 bits per heavy atom. The second kappa shape index (κ2) is 9.78. The lowest BCUT2D eigenvalue weighted by atomic mass is 10.0. The molecule has 0 spiro atoms. The van der Waals surface area contributed by atoms with Crippen molar-refractivity contribution in [1.82, 2.24) is 20.0 Å². The molecule has 1 amide bonds. The summed E-state index contributed by atoms with van der Waals surface area (Å²) < 4.78 is 7.31. The van der Waals surface area contributed by atoms with Crippen molar-refractivity contribution in [3.63, 3.8) is 0 Å². The molecule has 1 fully saturated rings. The van der Waals surface area contributed by atoms with Gasteiger partial charge in [0, 0.05) is 30.9 Å². The summed E-state index contributed by atoms with van der Waals surface area (Å²) in [5, 5.41) is 8.09. The van der Waals surface area contributed by atoms with Crippen LogP contribution in [0.4, 0.5) is 0 Å². The van der Waals surface area contributed by atoms with Crippen LogP contribution in [0.15, 0.2) is 60.8 Å². The highest BCUT2D eigenvalue weighted by Crippen LogP contribution is 2.32. The average molecular weight is 427 g/mol. The third-order valence-electron chi connectivity index (χ3n) is 5.52. The third kappa shape index (κ3) is 4.35. The molecule has 0 atom stereocenters. The average Bonchev–Trinajstić information content (AvgIpc) is 3.24. The summed E-state index contributed by atoms with van der Waals surface area (Å²) in [4.78, 5) is 15.4. The van der Waals surface area contributed by atoms with Crippen molar-refractivity contribution in [2.75, 3.05) is 27.2 Å². The maximum Gasteiger partial charge on any atom is 0.257 e. The first-order chi connectivity index (χ1) is 14.2. The van der Waals surface area contributed by atoms with E-state index in [1.807, 2.05) is 72.7 Å². The molecule has 1 aromatic heterocycles. The van der Waals surface area contributed by atoms with Gasteiger partial charge < -0.3 is 15.0 Å². The molecule has 0 aliphatic carbocycles. The number of amides is 1. The summed E-state index contributed by atoms with van der Waals surface area (Å²) in [7, 11) is 3.61. The Morgan fingerprint density at radius 3 is 2.40 bits per heavy atom. The van der Waals surface area contributed by atoms with Crippen LogP contribution in [0, 0.1) is 0 Å². The van der Waals surface area contributed by atoms with Gasteiger partial charge >= 0.3 is 0 Å². The van der Waals surface area contributed by atoms with Gasteiger partial charge in [-0.2, -0.15) is 5.10 Å². The molecule has 7 heteroatoms. The predicted molar refractivity (Wildman–Crippen MR) is 121 cm³/mol. The van der Waals surface area contributed by atoms with E-state index in [2.05, 4.69) is 5.32 Å². The van der Waals surface area contributed by atoms with Gasteiger partial charge in [0.05, 0.1) is 18.4 Å². The highest BCUT2D eigenvalue weighted by atomic mass is 35.5.